The fourth-order valence-corrected chi connectivity index (χ4v) is 2.09. The zero-order valence-electron chi connectivity index (χ0n) is 10.1. The first-order valence-corrected chi connectivity index (χ1v) is 5.75. The molecule has 0 saturated heterocycles. The number of aromatic nitrogens is 5. The van der Waals surface area contributed by atoms with E-state index in [9.17, 15) is 0 Å². The van der Waals surface area contributed by atoms with E-state index in [1.165, 1.54) is 6.33 Å². The second-order valence-corrected chi connectivity index (χ2v) is 4.17. The molecule has 3 aromatic rings. The third-order valence-electron chi connectivity index (χ3n) is 3.08. The standard InChI is InChI=1S/C12H14N6/c1-17-10-4-2-3-9(5-13)12(10)16-11(17)6-18-8-14-7-15-18/h2-4,7-8H,5-6,13H2,1H3. The summed E-state index contributed by atoms with van der Waals surface area (Å²) in [5.74, 6) is 0.941. The Labute approximate surface area is 104 Å². The predicted octanol–water partition coefficient (Wildman–Crippen LogP) is 0.672. The zero-order chi connectivity index (χ0) is 12.5. The number of para-hydroxylation sites is 1. The van der Waals surface area contributed by atoms with E-state index < -0.39 is 0 Å². The van der Waals surface area contributed by atoms with Crippen LogP contribution in [-0.4, -0.2) is 24.3 Å². The number of imidazole rings is 1. The van der Waals surface area contributed by atoms with Gasteiger partial charge in [0.15, 0.2) is 0 Å². The predicted molar refractivity (Wildman–Crippen MR) is 67.7 cm³/mol. The van der Waals surface area contributed by atoms with Crippen molar-refractivity contribution in [3.63, 3.8) is 0 Å². The van der Waals surface area contributed by atoms with Crippen LogP contribution in [0.4, 0.5) is 0 Å². The molecule has 1 aromatic carbocycles. The van der Waals surface area contributed by atoms with E-state index in [1.54, 1.807) is 11.0 Å². The van der Waals surface area contributed by atoms with Gasteiger partial charge in [0.1, 0.15) is 25.0 Å². The molecule has 0 aliphatic rings. The Hall–Kier alpha value is -2.21. The molecule has 0 bridgehead atoms. The van der Waals surface area contributed by atoms with Gasteiger partial charge in [-0.3, -0.25) is 0 Å². The van der Waals surface area contributed by atoms with Crippen LogP contribution in [0.25, 0.3) is 11.0 Å². The summed E-state index contributed by atoms with van der Waals surface area (Å²) in [5, 5.41) is 4.09. The minimum Gasteiger partial charge on any atom is -0.330 e. The van der Waals surface area contributed by atoms with E-state index in [1.807, 2.05) is 25.2 Å². The molecule has 3 rings (SSSR count). The molecule has 2 N–H and O–H groups in total. The highest BCUT2D eigenvalue weighted by Gasteiger charge is 2.10. The molecule has 2 heterocycles. The quantitative estimate of drug-likeness (QED) is 0.732. The molecule has 6 heteroatoms. The van der Waals surface area contributed by atoms with Crippen molar-refractivity contribution < 1.29 is 0 Å². The maximum atomic E-state index is 5.73. The van der Waals surface area contributed by atoms with Crippen LogP contribution < -0.4 is 5.73 Å². The van der Waals surface area contributed by atoms with Gasteiger partial charge >= 0.3 is 0 Å². The van der Waals surface area contributed by atoms with Crippen LogP contribution in [-0.2, 0) is 20.1 Å². The molecule has 0 radical (unpaired) electrons. The number of fused-ring (bicyclic) bond motifs is 1. The third kappa shape index (κ3) is 1.67. The molecule has 0 spiro atoms. The number of nitrogens with two attached hydrogens (primary N) is 1. The van der Waals surface area contributed by atoms with E-state index in [4.69, 9.17) is 5.73 Å². The van der Waals surface area contributed by atoms with E-state index in [-0.39, 0.29) is 0 Å². The SMILES string of the molecule is Cn1c(Cn2cncn2)nc2c(CN)cccc21. The maximum absolute atomic E-state index is 5.73. The highest BCUT2D eigenvalue weighted by Crippen LogP contribution is 2.19. The minimum atomic E-state index is 0.497. The van der Waals surface area contributed by atoms with Gasteiger partial charge in [0.2, 0.25) is 0 Å². The van der Waals surface area contributed by atoms with Crippen LogP contribution >= 0.6 is 0 Å². The van der Waals surface area contributed by atoms with Crippen molar-refractivity contribution >= 4 is 11.0 Å². The molecule has 0 atom stereocenters. The Balaban J connectivity index is 2.10. The van der Waals surface area contributed by atoms with Crippen LogP contribution in [0.2, 0.25) is 0 Å². The first-order chi connectivity index (χ1) is 8.79. The van der Waals surface area contributed by atoms with E-state index in [0.717, 1.165) is 22.4 Å². The van der Waals surface area contributed by atoms with Gasteiger partial charge in [-0.1, -0.05) is 12.1 Å². The summed E-state index contributed by atoms with van der Waals surface area (Å²) in [5.41, 5.74) is 8.86. The average Bonchev–Trinajstić information content (AvgIpc) is 3.00. The Morgan fingerprint density at radius 1 is 1.33 bits per heavy atom. The number of hydrogen-bond acceptors (Lipinski definition) is 4. The lowest BCUT2D eigenvalue weighted by Crippen LogP contribution is -2.06. The Kier molecular flexibility index (Phi) is 2.56. The fraction of sp³-hybridized carbons (Fsp3) is 0.250. The second kappa shape index (κ2) is 4.23. The Bertz CT molecular complexity index is 667. The molecule has 0 aliphatic carbocycles. The van der Waals surface area contributed by atoms with Crippen molar-refractivity contribution in [2.24, 2.45) is 12.8 Å². The summed E-state index contributed by atoms with van der Waals surface area (Å²) in [7, 11) is 2.00. The van der Waals surface area contributed by atoms with E-state index in [2.05, 4.69) is 19.6 Å². The minimum absolute atomic E-state index is 0.497. The first-order valence-electron chi connectivity index (χ1n) is 5.75. The van der Waals surface area contributed by atoms with Gasteiger partial charge in [0.25, 0.3) is 0 Å². The van der Waals surface area contributed by atoms with E-state index in [0.29, 0.717) is 13.1 Å². The van der Waals surface area contributed by atoms with Crippen LogP contribution in [0.5, 0.6) is 0 Å². The number of nitrogens with zero attached hydrogens (tertiary/aromatic N) is 5. The summed E-state index contributed by atoms with van der Waals surface area (Å²) in [6.45, 7) is 1.10. The number of hydrogen-bond donors (Lipinski definition) is 1. The lowest BCUT2D eigenvalue weighted by Gasteiger charge is -2.01. The van der Waals surface area contributed by atoms with Gasteiger partial charge in [-0.25, -0.2) is 14.6 Å². The summed E-state index contributed by atoms with van der Waals surface area (Å²) in [4.78, 5) is 8.58. The maximum Gasteiger partial charge on any atom is 0.137 e. The van der Waals surface area contributed by atoms with Gasteiger partial charge in [-0.2, -0.15) is 5.10 Å². The van der Waals surface area contributed by atoms with Crippen LogP contribution in [0, 0.1) is 0 Å². The van der Waals surface area contributed by atoms with Gasteiger partial charge < -0.3 is 10.3 Å². The van der Waals surface area contributed by atoms with Crippen molar-refractivity contribution in [2.45, 2.75) is 13.1 Å². The number of benzene rings is 1. The van der Waals surface area contributed by atoms with Gasteiger partial charge in [0, 0.05) is 13.6 Å². The normalized spacial score (nSPS) is 11.2. The molecule has 92 valence electrons. The summed E-state index contributed by atoms with van der Waals surface area (Å²) in [6.07, 6.45) is 3.21. The third-order valence-corrected chi connectivity index (χ3v) is 3.08. The van der Waals surface area contributed by atoms with Crippen LogP contribution in [0.15, 0.2) is 30.9 Å². The summed E-state index contributed by atoms with van der Waals surface area (Å²) >= 11 is 0. The molecule has 0 fully saturated rings. The first kappa shape index (κ1) is 10.9. The van der Waals surface area contributed by atoms with Crippen molar-refractivity contribution in [3.8, 4) is 0 Å². The van der Waals surface area contributed by atoms with Crippen molar-refractivity contribution in [2.75, 3.05) is 0 Å². The highest BCUT2D eigenvalue weighted by atomic mass is 15.3. The number of aryl methyl sites for hydroxylation is 1. The van der Waals surface area contributed by atoms with Gasteiger partial charge in [-0.05, 0) is 11.6 Å². The number of rotatable bonds is 3. The molecule has 0 saturated carbocycles. The molecule has 0 unspecified atom stereocenters. The molecule has 18 heavy (non-hydrogen) atoms. The molecular formula is C12H14N6. The molecule has 0 aliphatic heterocycles. The molecule has 6 nitrogen and oxygen atoms in total. The van der Waals surface area contributed by atoms with Crippen LogP contribution in [0.1, 0.15) is 11.4 Å². The fourth-order valence-electron chi connectivity index (χ4n) is 2.09. The topological polar surface area (TPSA) is 74.5 Å². The van der Waals surface area contributed by atoms with Gasteiger partial charge in [0.05, 0.1) is 11.0 Å². The van der Waals surface area contributed by atoms with Crippen molar-refractivity contribution in [1.82, 2.24) is 24.3 Å². The monoisotopic (exact) mass is 242 g/mol. The van der Waals surface area contributed by atoms with E-state index >= 15 is 0 Å². The molecular weight excluding hydrogens is 228 g/mol. The summed E-state index contributed by atoms with van der Waals surface area (Å²) < 4.78 is 3.82. The van der Waals surface area contributed by atoms with Crippen molar-refractivity contribution in [1.29, 1.82) is 0 Å². The Morgan fingerprint density at radius 3 is 2.94 bits per heavy atom. The lowest BCUT2D eigenvalue weighted by atomic mass is 10.2. The lowest BCUT2D eigenvalue weighted by molar-refractivity contribution is 0.635. The Morgan fingerprint density at radius 2 is 2.22 bits per heavy atom. The van der Waals surface area contributed by atoms with Crippen molar-refractivity contribution in [3.05, 3.63) is 42.2 Å². The second-order valence-electron chi connectivity index (χ2n) is 4.17. The largest absolute Gasteiger partial charge is 0.330 e. The van der Waals surface area contributed by atoms with Gasteiger partial charge in [-0.15, -0.1) is 0 Å². The average molecular weight is 242 g/mol. The highest BCUT2D eigenvalue weighted by molar-refractivity contribution is 5.79. The van der Waals surface area contributed by atoms with Crippen LogP contribution in [0.3, 0.4) is 0 Å². The zero-order valence-corrected chi connectivity index (χ0v) is 10.1. The summed E-state index contributed by atoms with van der Waals surface area (Å²) in [6, 6.07) is 6.06. The molecule has 0 amide bonds. The smallest absolute Gasteiger partial charge is 0.137 e. The molecule has 2 aromatic heterocycles.